The van der Waals surface area contributed by atoms with E-state index in [1.807, 2.05) is 24.1 Å². The maximum absolute atomic E-state index is 13.1. The van der Waals surface area contributed by atoms with Crippen LogP contribution in [0.2, 0.25) is 0 Å². The van der Waals surface area contributed by atoms with Crippen LogP contribution in [0.25, 0.3) is 0 Å². The van der Waals surface area contributed by atoms with E-state index in [4.69, 9.17) is 0 Å². The average Bonchev–Trinajstić information content (AvgIpc) is 2.81. The lowest BCUT2D eigenvalue weighted by molar-refractivity contribution is 0.191. The lowest BCUT2D eigenvalue weighted by Crippen LogP contribution is -2.48. The molecule has 2 aromatic rings. The molecule has 0 radical (unpaired) electrons. The summed E-state index contributed by atoms with van der Waals surface area (Å²) < 4.78 is 13.1. The molecule has 172 valence electrons. The molecule has 0 saturated carbocycles. The number of anilines is 2. The largest absolute Gasteiger partial charge is 0.382 e. The maximum atomic E-state index is 13.1. The van der Waals surface area contributed by atoms with Crippen LogP contribution in [0.3, 0.4) is 0 Å². The van der Waals surface area contributed by atoms with Crippen LogP contribution in [0.4, 0.5) is 20.6 Å². The second-order valence-corrected chi connectivity index (χ2v) is 9.01. The molecular weight excluding hydrogens is 405 g/mol. The summed E-state index contributed by atoms with van der Waals surface area (Å²) in [5.41, 5.74) is 3.11. The molecular formula is C25H34FN5O. The number of hydrogen-bond acceptors (Lipinski definition) is 4. The van der Waals surface area contributed by atoms with Crippen molar-refractivity contribution in [2.24, 2.45) is 0 Å². The Morgan fingerprint density at radius 2 is 1.78 bits per heavy atom. The molecule has 2 aliphatic rings. The Labute approximate surface area is 190 Å². The molecule has 0 spiro atoms. The minimum Gasteiger partial charge on any atom is -0.382 e. The quantitative estimate of drug-likeness (QED) is 0.745. The highest BCUT2D eigenvalue weighted by atomic mass is 19.1. The molecule has 2 aromatic carbocycles. The summed E-state index contributed by atoms with van der Waals surface area (Å²) in [4.78, 5) is 19.1. The van der Waals surface area contributed by atoms with Crippen molar-refractivity contribution in [3.05, 3.63) is 59.9 Å². The molecule has 0 aromatic heterocycles. The highest BCUT2D eigenvalue weighted by molar-refractivity contribution is 5.91. The van der Waals surface area contributed by atoms with E-state index in [-0.39, 0.29) is 11.8 Å². The smallest absolute Gasteiger partial charge is 0.324 e. The molecule has 2 fully saturated rings. The molecule has 32 heavy (non-hydrogen) atoms. The molecule has 1 atom stereocenters. The van der Waals surface area contributed by atoms with Crippen molar-refractivity contribution in [1.29, 1.82) is 0 Å². The number of carbonyl (C=O) groups excluding carboxylic acids is 1. The van der Waals surface area contributed by atoms with Crippen LogP contribution in [0, 0.1) is 5.82 Å². The van der Waals surface area contributed by atoms with Gasteiger partial charge >= 0.3 is 6.03 Å². The summed E-state index contributed by atoms with van der Waals surface area (Å²) >= 11 is 0. The van der Waals surface area contributed by atoms with Crippen molar-refractivity contribution in [2.75, 3.05) is 50.0 Å². The van der Waals surface area contributed by atoms with Crippen LogP contribution in [-0.2, 0) is 6.54 Å². The molecule has 0 aliphatic carbocycles. The number of benzene rings is 2. The van der Waals surface area contributed by atoms with E-state index in [0.717, 1.165) is 50.4 Å². The van der Waals surface area contributed by atoms with Gasteiger partial charge in [-0.05, 0) is 61.7 Å². The van der Waals surface area contributed by atoms with Gasteiger partial charge in [0.15, 0.2) is 0 Å². The SMILES string of the molecule is C[C@H]1CN(Cc2ccc(N(C)C(=O)N3CCC(Nc4ccc(F)cc4)CC3)cc2)CCN1. The normalized spacial score (nSPS) is 20.2. The summed E-state index contributed by atoms with van der Waals surface area (Å²) in [6, 6.07) is 15.6. The van der Waals surface area contributed by atoms with Crippen LogP contribution >= 0.6 is 0 Å². The molecule has 7 heteroatoms. The van der Waals surface area contributed by atoms with E-state index >= 15 is 0 Å². The fourth-order valence-corrected chi connectivity index (χ4v) is 4.56. The number of rotatable bonds is 5. The molecule has 4 rings (SSSR count). The Morgan fingerprint density at radius 3 is 2.44 bits per heavy atom. The third kappa shape index (κ3) is 5.78. The van der Waals surface area contributed by atoms with Crippen molar-refractivity contribution < 1.29 is 9.18 Å². The van der Waals surface area contributed by atoms with Crippen LogP contribution in [-0.4, -0.2) is 67.7 Å². The molecule has 2 aliphatic heterocycles. The van der Waals surface area contributed by atoms with Gasteiger partial charge in [0, 0.05) is 69.8 Å². The van der Waals surface area contributed by atoms with E-state index in [1.54, 1.807) is 17.0 Å². The zero-order valence-corrected chi connectivity index (χ0v) is 19.1. The number of halogens is 1. The molecule has 2 amide bonds. The lowest BCUT2D eigenvalue weighted by atomic mass is 10.0. The molecule has 2 N–H and O–H groups in total. The first-order chi connectivity index (χ1) is 15.5. The minimum absolute atomic E-state index is 0.0360. The van der Waals surface area contributed by atoms with Gasteiger partial charge < -0.3 is 15.5 Å². The Hall–Kier alpha value is -2.64. The molecule has 0 unspecified atom stereocenters. The first-order valence-corrected chi connectivity index (χ1v) is 11.6. The predicted molar refractivity (Wildman–Crippen MR) is 128 cm³/mol. The van der Waals surface area contributed by atoms with Gasteiger partial charge in [-0.3, -0.25) is 9.80 Å². The van der Waals surface area contributed by atoms with Crippen molar-refractivity contribution >= 4 is 17.4 Å². The van der Waals surface area contributed by atoms with Gasteiger partial charge in [-0.15, -0.1) is 0 Å². The second kappa shape index (κ2) is 10.3. The monoisotopic (exact) mass is 439 g/mol. The average molecular weight is 440 g/mol. The summed E-state index contributed by atoms with van der Waals surface area (Å²) in [6.45, 7) is 7.74. The Kier molecular flexibility index (Phi) is 7.27. The summed E-state index contributed by atoms with van der Waals surface area (Å²) in [7, 11) is 1.85. The standard InChI is InChI=1S/C25H34FN5O/c1-19-17-30(16-13-27-19)18-20-3-9-24(10-4-20)29(2)25(32)31-14-11-23(12-15-31)28-22-7-5-21(26)6-8-22/h3-10,19,23,27-28H,11-18H2,1-2H3/t19-/m0/s1. The van der Waals surface area contributed by atoms with E-state index in [2.05, 4.69) is 34.6 Å². The van der Waals surface area contributed by atoms with Crippen LogP contribution < -0.4 is 15.5 Å². The van der Waals surface area contributed by atoms with Gasteiger partial charge in [-0.2, -0.15) is 0 Å². The molecule has 2 heterocycles. The van der Waals surface area contributed by atoms with Crippen molar-refractivity contribution in [2.45, 2.75) is 38.4 Å². The first kappa shape index (κ1) is 22.6. The number of amides is 2. The summed E-state index contributed by atoms with van der Waals surface area (Å²) in [5, 5.41) is 6.92. The molecule has 6 nitrogen and oxygen atoms in total. The number of likely N-dealkylation sites (tertiary alicyclic amines) is 1. The number of hydrogen-bond donors (Lipinski definition) is 2. The Bertz CT molecular complexity index is 880. The third-order valence-electron chi connectivity index (χ3n) is 6.45. The van der Waals surface area contributed by atoms with Crippen molar-refractivity contribution in [3.63, 3.8) is 0 Å². The first-order valence-electron chi connectivity index (χ1n) is 11.6. The maximum Gasteiger partial charge on any atom is 0.324 e. The Morgan fingerprint density at radius 1 is 1.09 bits per heavy atom. The van der Waals surface area contributed by atoms with Gasteiger partial charge in [-0.1, -0.05) is 12.1 Å². The second-order valence-electron chi connectivity index (χ2n) is 9.01. The van der Waals surface area contributed by atoms with Gasteiger partial charge in [0.1, 0.15) is 5.82 Å². The number of urea groups is 1. The van der Waals surface area contributed by atoms with E-state index in [1.165, 1.54) is 17.7 Å². The fraction of sp³-hybridized carbons (Fsp3) is 0.480. The van der Waals surface area contributed by atoms with E-state index in [9.17, 15) is 9.18 Å². The van der Waals surface area contributed by atoms with Gasteiger partial charge in [0.05, 0.1) is 0 Å². The van der Waals surface area contributed by atoms with Gasteiger partial charge in [0.25, 0.3) is 0 Å². The molecule has 0 bridgehead atoms. The highest BCUT2D eigenvalue weighted by Crippen LogP contribution is 2.21. The van der Waals surface area contributed by atoms with Crippen LogP contribution in [0.15, 0.2) is 48.5 Å². The van der Waals surface area contributed by atoms with E-state index in [0.29, 0.717) is 25.2 Å². The summed E-state index contributed by atoms with van der Waals surface area (Å²) in [6.07, 6.45) is 1.75. The molecule has 2 saturated heterocycles. The number of nitrogens with one attached hydrogen (secondary N) is 2. The van der Waals surface area contributed by atoms with Crippen molar-refractivity contribution in [3.8, 4) is 0 Å². The Balaban J connectivity index is 1.26. The zero-order valence-electron chi connectivity index (χ0n) is 19.1. The van der Waals surface area contributed by atoms with Crippen LogP contribution in [0.5, 0.6) is 0 Å². The zero-order chi connectivity index (χ0) is 22.5. The summed E-state index contributed by atoms with van der Waals surface area (Å²) in [5.74, 6) is -0.231. The number of nitrogens with zero attached hydrogens (tertiary/aromatic N) is 3. The van der Waals surface area contributed by atoms with E-state index < -0.39 is 0 Å². The van der Waals surface area contributed by atoms with Gasteiger partial charge in [0.2, 0.25) is 0 Å². The third-order valence-corrected chi connectivity index (χ3v) is 6.45. The topological polar surface area (TPSA) is 50.9 Å². The van der Waals surface area contributed by atoms with Gasteiger partial charge in [-0.25, -0.2) is 9.18 Å². The number of piperazine rings is 1. The lowest BCUT2D eigenvalue weighted by Gasteiger charge is -2.35. The predicted octanol–water partition coefficient (Wildman–Crippen LogP) is 3.75. The van der Waals surface area contributed by atoms with Crippen LogP contribution in [0.1, 0.15) is 25.3 Å². The minimum atomic E-state index is -0.231. The highest BCUT2D eigenvalue weighted by Gasteiger charge is 2.25. The fourth-order valence-electron chi connectivity index (χ4n) is 4.56. The number of carbonyl (C=O) groups is 1. The van der Waals surface area contributed by atoms with Crippen molar-refractivity contribution in [1.82, 2.24) is 15.1 Å². The number of piperidine rings is 1.